The summed E-state index contributed by atoms with van der Waals surface area (Å²) in [6, 6.07) is 28.7. The first-order valence-electron chi connectivity index (χ1n) is 11.9. The van der Waals surface area contributed by atoms with Gasteiger partial charge in [-0.3, -0.25) is 4.79 Å². The van der Waals surface area contributed by atoms with E-state index >= 15 is 0 Å². The zero-order valence-electron chi connectivity index (χ0n) is 20.3. The second kappa shape index (κ2) is 9.63. The van der Waals surface area contributed by atoms with Gasteiger partial charge in [-0.25, -0.2) is 4.98 Å². The highest BCUT2D eigenvalue weighted by molar-refractivity contribution is 5.83. The largest absolute Gasteiger partial charge is 0.483 e. The molecule has 0 aliphatic rings. The number of ether oxygens (including phenoxy) is 1. The molecule has 35 heavy (non-hydrogen) atoms. The molecular formula is C30H29N3O2. The van der Waals surface area contributed by atoms with Crippen LogP contribution in [0.2, 0.25) is 0 Å². The third-order valence-corrected chi connectivity index (χ3v) is 6.31. The Balaban J connectivity index is 1.37. The van der Waals surface area contributed by atoms with E-state index in [1.165, 1.54) is 16.3 Å². The molecule has 0 aliphatic carbocycles. The summed E-state index contributed by atoms with van der Waals surface area (Å²) in [7, 11) is 0. The molecule has 5 nitrogen and oxygen atoms in total. The number of para-hydroxylation sites is 2. The molecular weight excluding hydrogens is 434 g/mol. The van der Waals surface area contributed by atoms with Crippen LogP contribution in [0.25, 0.3) is 21.8 Å². The van der Waals surface area contributed by atoms with Gasteiger partial charge in [-0.05, 0) is 72.5 Å². The maximum atomic E-state index is 12.8. The molecule has 1 unspecified atom stereocenters. The topological polar surface area (TPSA) is 56.1 Å². The Labute approximate surface area is 205 Å². The zero-order chi connectivity index (χ0) is 24.4. The first-order valence-corrected chi connectivity index (χ1v) is 11.9. The Kier molecular flexibility index (Phi) is 6.23. The van der Waals surface area contributed by atoms with Gasteiger partial charge in [0.15, 0.2) is 6.61 Å². The lowest BCUT2D eigenvalue weighted by Gasteiger charge is -2.17. The zero-order valence-corrected chi connectivity index (χ0v) is 20.3. The average molecular weight is 464 g/mol. The van der Waals surface area contributed by atoms with Crippen molar-refractivity contribution in [3.8, 4) is 5.75 Å². The van der Waals surface area contributed by atoms with Crippen LogP contribution in [0.4, 0.5) is 0 Å². The number of carbonyl (C=O) groups excluding carboxylic acids is 1. The molecule has 5 heteroatoms. The molecule has 0 saturated heterocycles. The Morgan fingerprint density at radius 1 is 0.943 bits per heavy atom. The van der Waals surface area contributed by atoms with Crippen LogP contribution < -0.4 is 10.1 Å². The number of imidazole rings is 1. The highest BCUT2D eigenvalue weighted by Gasteiger charge is 2.19. The van der Waals surface area contributed by atoms with Gasteiger partial charge in [0.1, 0.15) is 11.6 Å². The highest BCUT2D eigenvalue weighted by atomic mass is 16.5. The summed E-state index contributed by atoms with van der Waals surface area (Å²) >= 11 is 0. The molecule has 176 valence electrons. The number of rotatable bonds is 7. The van der Waals surface area contributed by atoms with Crippen LogP contribution >= 0.6 is 0 Å². The molecule has 4 aromatic carbocycles. The monoisotopic (exact) mass is 463 g/mol. The first-order chi connectivity index (χ1) is 17.0. The van der Waals surface area contributed by atoms with Gasteiger partial charge >= 0.3 is 0 Å². The van der Waals surface area contributed by atoms with Crippen LogP contribution in [-0.4, -0.2) is 22.1 Å². The number of nitrogens with zero attached hydrogens (tertiary/aromatic N) is 2. The Hall–Kier alpha value is -4.12. The van der Waals surface area contributed by atoms with Crippen molar-refractivity contribution in [3.05, 3.63) is 107 Å². The van der Waals surface area contributed by atoms with E-state index in [4.69, 9.17) is 9.72 Å². The molecule has 0 aliphatic heterocycles. The van der Waals surface area contributed by atoms with Crippen LogP contribution in [0, 0.1) is 13.8 Å². The summed E-state index contributed by atoms with van der Waals surface area (Å²) in [5.41, 5.74) is 5.25. The normalized spacial score (nSPS) is 12.1. The number of aryl methyl sites for hydroxylation is 2. The number of benzene rings is 4. The number of amides is 1. The third kappa shape index (κ3) is 4.90. The number of hydrogen-bond donors (Lipinski definition) is 1. The smallest absolute Gasteiger partial charge is 0.258 e. The van der Waals surface area contributed by atoms with E-state index in [0.717, 1.165) is 33.7 Å². The number of nitrogens with one attached hydrogen (secondary N) is 1. The number of hydrogen-bond acceptors (Lipinski definition) is 3. The van der Waals surface area contributed by atoms with Crippen LogP contribution in [0.5, 0.6) is 5.75 Å². The van der Waals surface area contributed by atoms with Gasteiger partial charge < -0.3 is 14.6 Å². The molecule has 0 saturated carbocycles. The van der Waals surface area contributed by atoms with Gasteiger partial charge in [-0.1, -0.05) is 60.7 Å². The van der Waals surface area contributed by atoms with Crippen molar-refractivity contribution in [1.82, 2.24) is 14.9 Å². The Morgan fingerprint density at radius 3 is 2.57 bits per heavy atom. The maximum Gasteiger partial charge on any atom is 0.258 e. The average Bonchev–Trinajstić information content (AvgIpc) is 3.23. The molecule has 1 amide bonds. The van der Waals surface area contributed by atoms with Crippen molar-refractivity contribution in [3.63, 3.8) is 0 Å². The maximum absolute atomic E-state index is 12.8. The standard InChI is InChI=1S/C30H29N3O2/c1-20-12-13-21(2)28(16-20)35-19-29(34)31-22(3)30-32-26-10-6-7-11-27(26)33(30)18-23-14-15-24-8-4-5-9-25(24)17-23/h4-17,22H,18-19H2,1-3H3,(H,31,34). The lowest BCUT2D eigenvalue weighted by molar-refractivity contribution is -0.123. The number of carbonyl (C=O) groups is 1. The predicted octanol–water partition coefficient (Wildman–Crippen LogP) is 6.11. The van der Waals surface area contributed by atoms with Crippen molar-refractivity contribution in [2.75, 3.05) is 6.61 Å². The Morgan fingerprint density at radius 2 is 1.71 bits per heavy atom. The quantitative estimate of drug-likeness (QED) is 0.317. The fourth-order valence-electron chi connectivity index (χ4n) is 4.46. The molecule has 5 aromatic rings. The van der Waals surface area contributed by atoms with E-state index in [9.17, 15) is 4.79 Å². The summed E-state index contributed by atoms with van der Waals surface area (Å²) in [5, 5.41) is 5.50. The number of aromatic nitrogens is 2. The lowest BCUT2D eigenvalue weighted by Crippen LogP contribution is -2.32. The van der Waals surface area contributed by atoms with Crippen LogP contribution in [-0.2, 0) is 11.3 Å². The molecule has 1 N–H and O–H groups in total. The second-order valence-corrected chi connectivity index (χ2v) is 9.07. The molecule has 5 rings (SSSR count). The van der Waals surface area contributed by atoms with Crippen LogP contribution in [0.3, 0.4) is 0 Å². The minimum absolute atomic E-state index is 0.0421. The molecule has 0 radical (unpaired) electrons. The van der Waals surface area contributed by atoms with Gasteiger partial charge in [0.05, 0.1) is 17.1 Å². The van der Waals surface area contributed by atoms with E-state index in [0.29, 0.717) is 6.54 Å². The van der Waals surface area contributed by atoms with Gasteiger partial charge in [0, 0.05) is 6.54 Å². The minimum Gasteiger partial charge on any atom is -0.483 e. The van der Waals surface area contributed by atoms with Crippen molar-refractivity contribution >= 4 is 27.7 Å². The van der Waals surface area contributed by atoms with Crippen molar-refractivity contribution in [2.24, 2.45) is 0 Å². The fraction of sp³-hybridized carbons (Fsp3) is 0.200. The summed E-state index contributed by atoms with van der Waals surface area (Å²) in [6.07, 6.45) is 0. The highest BCUT2D eigenvalue weighted by Crippen LogP contribution is 2.24. The molecule has 0 fully saturated rings. The third-order valence-electron chi connectivity index (χ3n) is 6.31. The number of fused-ring (bicyclic) bond motifs is 2. The lowest BCUT2D eigenvalue weighted by atomic mass is 10.1. The summed E-state index contributed by atoms with van der Waals surface area (Å²) in [4.78, 5) is 17.6. The van der Waals surface area contributed by atoms with E-state index in [1.807, 2.05) is 57.2 Å². The van der Waals surface area contributed by atoms with Crippen molar-refractivity contribution < 1.29 is 9.53 Å². The SMILES string of the molecule is Cc1ccc(C)c(OCC(=O)NC(C)c2nc3ccccc3n2Cc2ccc3ccccc3c2)c1. The van der Waals surface area contributed by atoms with E-state index < -0.39 is 0 Å². The van der Waals surface area contributed by atoms with Crippen LogP contribution in [0.15, 0.2) is 84.9 Å². The summed E-state index contributed by atoms with van der Waals surface area (Å²) < 4.78 is 7.99. The molecule has 0 bridgehead atoms. The van der Waals surface area contributed by atoms with Gasteiger partial charge in [-0.2, -0.15) is 0 Å². The summed E-state index contributed by atoms with van der Waals surface area (Å²) in [6.45, 7) is 6.58. The molecule has 0 spiro atoms. The van der Waals surface area contributed by atoms with Crippen LogP contribution in [0.1, 0.15) is 35.5 Å². The summed E-state index contributed by atoms with van der Waals surface area (Å²) in [5.74, 6) is 1.37. The van der Waals surface area contributed by atoms with Crippen molar-refractivity contribution in [1.29, 1.82) is 0 Å². The Bertz CT molecular complexity index is 1520. The van der Waals surface area contributed by atoms with Gasteiger partial charge in [-0.15, -0.1) is 0 Å². The molecule has 1 aromatic heterocycles. The fourth-order valence-corrected chi connectivity index (χ4v) is 4.46. The van der Waals surface area contributed by atoms with Gasteiger partial charge in [0.25, 0.3) is 5.91 Å². The molecule has 1 atom stereocenters. The van der Waals surface area contributed by atoms with E-state index in [-0.39, 0.29) is 18.6 Å². The van der Waals surface area contributed by atoms with Crippen molar-refractivity contribution in [2.45, 2.75) is 33.4 Å². The first kappa shape index (κ1) is 22.7. The minimum atomic E-state index is -0.280. The molecule has 1 heterocycles. The van der Waals surface area contributed by atoms with E-state index in [2.05, 4.69) is 58.4 Å². The second-order valence-electron chi connectivity index (χ2n) is 9.07. The predicted molar refractivity (Wildman–Crippen MR) is 141 cm³/mol. The van der Waals surface area contributed by atoms with Gasteiger partial charge in [0.2, 0.25) is 0 Å². The van der Waals surface area contributed by atoms with E-state index in [1.54, 1.807) is 0 Å².